The van der Waals surface area contributed by atoms with Crippen molar-refractivity contribution in [3.05, 3.63) is 71.9 Å². The van der Waals surface area contributed by atoms with Gasteiger partial charge in [0.05, 0.1) is 13.2 Å². The first-order chi connectivity index (χ1) is 13.3. The lowest BCUT2D eigenvalue weighted by atomic mass is 10.1. The minimum Gasteiger partial charge on any atom is -0.392 e. The summed E-state index contributed by atoms with van der Waals surface area (Å²) >= 11 is 0. The van der Waals surface area contributed by atoms with Crippen LogP contribution in [0.15, 0.2) is 65.8 Å². The highest BCUT2D eigenvalue weighted by molar-refractivity contribution is 14.0. The highest BCUT2D eigenvalue weighted by atomic mass is 127. The first kappa shape index (κ1) is 22.2. The van der Waals surface area contributed by atoms with Crippen molar-refractivity contribution in [3.63, 3.8) is 0 Å². The first-order valence-electron chi connectivity index (χ1n) is 9.55. The van der Waals surface area contributed by atoms with Gasteiger partial charge in [0.2, 0.25) is 0 Å². The molecule has 0 spiro atoms. The van der Waals surface area contributed by atoms with Crippen molar-refractivity contribution in [1.82, 2.24) is 15.2 Å². The Kier molecular flexibility index (Phi) is 9.30. The number of guanidine groups is 1. The molecule has 0 saturated carbocycles. The van der Waals surface area contributed by atoms with Crippen LogP contribution in [0.3, 0.4) is 0 Å². The number of nitrogens with zero attached hydrogens (tertiary/aromatic N) is 2. The molecule has 0 aliphatic heterocycles. The second-order valence-corrected chi connectivity index (χ2v) is 6.47. The largest absolute Gasteiger partial charge is 0.392 e. The molecule has 0 saturated heterocycles. The van der Waals surface area contributed by atoms with Crippen LogP contribution < -0.4 is 10.6 Å². The third-order valence-electron chi connectivity index (χ3n) is 4.59. The summed E-state index contributed by atoms with van der Waals surface area (Å²) in [5.74, 6) is 0.808. The molecule has 3 rings (SSSR count). The van der Waals surface area contributed by atoms with Gasteiger partial charge in [-0.15, -0.1) is 24.0 Å². The van der Waals surface area contributed by atoms with E-state index in [1.165, 1.54) is 10.9 Å². The molecule has 0 amide bonds. The van der Waals surface area contributed by atoms with Crippen LogP contribution in [0.2, 0.25) is 0 Å². The maximum Gasteiger partial charge on any atom is 0.191 e. The molecule has 0 aliphatic carbocycles. The van der Waals surface area contributed by atoms with Gasteiger partial charge in [-0.05, 0) is 42.0 Å². The molecule has 2 aromatic carbocycles. The fraction of sp³-hybridized carbons (Fsp3) is 0.318. The highest BCUT2D eigenvalue weighted by Crippen LogP contribution is 2.15. The van der Waals surface area contributed by atoms with Gasteiger partial charge >= 0.3 is 0 Å². The second-order valence-electron chi connectivity index (χ2n) is 6.47. The summed E-state index contributed by atoms with van der Waals surface area (Å²) in [6.45, 7) is 5.28. The Morgan fingerprint density at radius 2 is 1.75 bits per heavy atom. The van der Waals surface area contributed by atoms with Gasteiger partial charge < -0.3 is 20.3 Å². The quantitative estimate of drug-likeness (QED) is 0.194. The average Bonchev–Trinajstić information content (AvgIpc) is 3.12. The van der Waals surface area contributed by atoms with Gasteiger partial charge in [-0.25, -0.2) is 4.99 Å². The molecule has 1 heterocycles. The normalized spacial score (nSPS) is 11.3. The van der Waals surface area contributed by atoms with E-state index in [-0.39, 0.29) is 30.6 Å². The molecule has 0 bridgehead atoms. The predicted octanol–water partition coefficient (Wildman–Crippen LogP) is 3.90. The number of halogens is 1. The van der Waals surface area contributed by atoms with E-state index in [2.05, 4.69) is 63.6 Å². The number of aliphatic hydroxyl groups excluding tert-OH is 1. The van der Waals surface area contributed by atoms with E-state index in [9.17, 15) is 5.11 Å². The number of fused-ring (bicyclic) bond motifs is 1. The third-order valence-corrected chi connectivity index (χ3v) is 4.59. The van der Waals surface area contributed by atoms with Gasteiger partial charge in [-0.1, -0.05) is 42.5 Å². The molecule has 1 aromatic heterocycles. The number of benzene rings is 2. The molecule has 0 atom stereocenters. The van der Waals surface area contributed by atoms with E-state index in [1.54, 1.807) is 0 Å². The first-order valence-corrected chi connectivity index (χ1v) is 9.55. The molecule has 0 fully saturated rings. The fourth-order valence-electron chi connectivity index (χ4n) is 3.16. The van der Waals surface area contributed by atoms with Crippen LogP contribution in [-0.2, 0) is 19.7 Å². The van der Waals surface area contributed by atoms with Crippen LogP contribution in [0.25, 0.3) is 10.9 Å². The molecule has 3 aromatic rings. The molecule has 3 N–H and O–H groups in total. The van der Waals surface area contributed by atoms with Crippen molar-refractivity contribution in [3.8, 4) is 0 Å². The smallest absolute Gasteiger partial charge is 0.191 e. The van der Waals surface area contributed by atoms with Crippen LogP contribution in [0.5, 0.6) is 0 Å². The SMILES string of the molecule is CCNC(=NCc1ccccc1CO)NCCCn1ccc2ccccc21.I. The second kappa shape index (κ2) is 11.7. The molecule has 28 heavy (non-hydrogen) atoms. The van der Waals surface area contributed by atoms with Crippen molar-refractivity contribution in [1.29, 1.82) is 0 Å². The number of aromatic nitrogens is 1. The monoisotopic (exact) mass is 492 g/mol. The van der Waals surface area contributed by atoms with Gasteiger partial charge in [-0.3, -0.25) is 0 Å². The summed E-state index contributed by atoms with van der Waals surface area (Å²) in [4.78, 5) is 4.65. The Balaban J connectivity index is 0.00000280. The van der Waals surface area contributed by atoms with Gasteiger partial charge in [-0.2, -0.15) is 0 Å². The molecule has 0 unspecified atom stereocenters. The average molecular weight is 492 g/mol. The Morgan fingerprint density at radius 3 is 2.54 bits per heavy atom. The molecule has 0 aliphatic rings. The molecule has 150 valence electrons. The van der Waals surface area contributed by atoms with Crippen molar-refractivity contribution in [2.75, 3.05) is 13.1 Å². The standard InChI is InChI=1S/C22H28N4O.HI/c1-2-23-22(25-16-19-9-3-4-10-20(19)17-27)24-13-7-14-26-15-12-18-8-5-6-11-21(18)26;/h3-6,8-12,15,27H,2,7,13-14,16-17H2,1H3,(H2,23,24,25);1H. The maximum atomic E-state index is 9.44. The molecular formula is C22H29IN4O. The van der Waals surface area contributed by atoms with Gasteiger partial charge in [0.15, 0.2) is 5.96 Å². The van der Waals surface area contributed by atoms with Gasteiger partial charge in [0, 0.05) is 31.3 Å². The summed E-state index contributed by atoms with van der Waals surface area (Å²) in [5, 5.41) is 17.4. The summed E-state index contributed by atoms with van der Waals surface area (Å²) in [5.41, 5.74) is 3.26. The highest BCUT2D eigenvalue weighted by Gasteiger charge is 2.03. The number of para-hydroxylation sites is 1. The lowest BCUT2D eigenvalue weighted by molar-refractivity contribution is 0.280. The van der Waals surface area contributed by atoms with Crippen LogP contribution in [0.1, 0.15) is 24.5 Å². The Labute approximate surface area is 183 Å². The molecular weight excluding hydrogens is 463 g/mol. The zero-order chi connectivity index (χ0) is 18.9. The van der Waals surface area contributed by atoms with E-state index < -0.39 is 0 Å². The molecule has 6 heteroatoms. The van der Waals surface area contributed by atoms with Crippen molar-refractivity contribution >= 4 is 40.8 Å². The number of hydrogen-bond donors (Lipinski definition) is 3. The Hall–Kier alpha value is -2.06. The zero-order valence-electron chi connectivity index (χ0n) is 16.3. The maximum absolute atomic E-state index is 9.44. The van der Waals surface area contributed by atoms with Gasteiger partial charge in [0.25, 0.3) is 0 Å². The van der Waals surface area contributed by atoms with Crippen LogP contribution in [-0.4, -0.2) is 28.7 Å². The van der Waals surface area contributed by atoms with Crippen molar-refractivity contribution in [2.24, 2.45) is 4.99 Å². The summed E-state index contributed by atoms with van der Waals surface area (Å²) in [6.07, 6.45) is 3.16. The van der Waals surface area contributed by atoms with E-state index in [1.807, 2.05) is 24.3 Å². The van der Waals surface area contributed by atoms with E-state index in [4.69, 9.17) is 0 Å². The number of aliphatic imine (C=N–C) groups is 1. The van der Waals surface area contributed by atoms with Crippen LogP contribution >= 0.6 is 24.0 Å². The minimum atomic E-state index is 0. The molecule has 0 radical (unpaired) electrons. The zero-order valence-corrected chi connectivity index (χ0v) is 18.6. The number of nitrogens with one attached hydrogen (secondary N) is 2. The number of rotatable bonds is 8. The van der Waals surface area contributed by atoms with E-state index >= 15 is 0 Å². The predicted molar refractivity (Wildman–Crippen MR) is 127 cm³/mol. The van der Waals surface area contributed by atoms with Gasteiger partial charge in [0.1, 0.15) is 0 Å². The molecule has 5 nitrogen and oxygen atoms in total. The summed E-state index contributed by atoms with van der Waals surface area (Å²) < 4.78 is 2.29. The lowest BCUT2D eigenvalue weighted by Crippen LogP contribution is -2.38. The lowest BCUT2D eigenvalue weighted by Gasteiger charge is -2.12. The van der Waals surface area contributed by atoms with Crippen molar-refractivity contribution < 1.29 is 5.11 Å². The van der Waals surface area contributed by atoms with E-state index in [0.29, 0.717) is 6.54 Å². The number of aryl methyl sites for hydroxylation is 1. The number of hydrogen-bond acceptors (Lipinski definition) is 2. The van der Waals surface area contributed by atoms with Crippen LogP contribution in [0, 0.1) is 0 Å². The third kappa shape index (κ3) is 5.97. The summed E-state index contributed by atoms with van der Waals surface area (Å²) in [7, 11) is 0. The van der Waals surface area contributed by atoms with Crippen molar-refractivity contribution in [2.45, 2.75) is 33.0 Å². The van der Waals surface area contributed by atoms with E-state index in [0.717, 1.165) is 43.1 Å². The topological polar surface area (TPSA) is 61.6 Å². The summed E-state index contributed by atoms with van der Waals surface area (Å²) in [6, 6.07) is 18.5. The fourth-order valence-corrected chi connectivity index (χ4v) is 3.16. The number of aliphatic hydroxyl groups is 1. The Morgan fingerprint density at radius 1 is 1.00 bits per heavy atom. The van der Waals surface area contributed by atoms with Crippen LogP contribution in [0.4, 0.5) is 0 Å². The minimum absolute atomic E-state index is 0. The Bertz CT molecular complexity index is 891.